The summed E-state index contributed by atoms with van der Waals surface area (Å²) in [5.41, 5.74) is -0.0688. The first-order valence-electron chi connectivity index (χ1n) is 9.00. The maximum Gasteiger partial charge on any atom is 0.416 e. The number of nitrogens with one attached hydrogen (secondary N) is 1. The van der Waals surface area contributed by atoms with Crippen molar-refractivity contribution < 1.29 is 27.5 Å². The highest BCUT2D eigenvalue weighted by Crippen LogP contribution is 2.51. The van der Waals surface area contributed by atoms with Crippen molar-refractivity contribution in [2.24, 2.45) is 5.92 Å². The summed E-state index contributed by atoms with van der Waals surface area (Å²) in [4.78, 5) is 24.5. The average Bonchev–Trinajstić information content (AvgIpc) is 3.48. The fourth-order valence-corrected chi connectivity index (χ4v) is 3.70. The smallest absolute Gasteiger partial charge is 0.416 e. The second-order valence-electron chi connectivity index (χ2n) is 6.90. The second-order valence-corrected chi connectivity index (χ2v) is 7.30. The SMILES string of the molecule is COC(=O)CC(NC(=O)C1CC1c1ccccc1C(F)(F)F)c1ccccc1Cl. The van der Waals surface area contributed by atoms with Crippen LogP contribution < -0.4 is 5.32 Å². The Labute approximate surface area is 171 Å². The van der Waals surface area contributed by atoms with Gasteiger partial charge in [-0.05, 0) is 35.6 Å². The van der Waals surface area contributed by atoms with E-state index in [0.29, 0.717) is 17.0 Å². The lowest BCUT2D eigenvalue weighted by Gasteiger charge is -2.20. The summed E-state index contributed by atoms with van der Waals surface area (Å²) in [6, 6.07) is 11.3. The third-order valence-electron chi connectivity index (χ3n) is 4.99. The average molecular weight is 426 g/mol. The number of carbonyl (C=O) groups excluding carboxylic acids is 2. The summed E-state index contributed by atoms with van der Waals surface area (Å²) in [6.07, 6.45) is -4.31. The zero-order chi connectivity index (χ0) is 21.2. The van der Waals surface area contributed by atoms with E-state index in [0.717, 1.165) is 6.07 Å². The molecule has 0 aromatic heterocycles. The highest BCUT2D eigenvalue weighted by molar-refractivity contribution is 6.31. The molecule has 154 valence electrons. The highest BCUT2D eigenvalue weighted by atomic mass is 35.5. The maximum atomic E-state index is 13.3. The molecule has 0 spiro atoms. The van der Waals surface area contributed by atoms with E-state index in [1.807, 2.05) is 0 Å². The Kier molecular flexibility index (Phi) is 6.17. The van der Waals surface area contributed by atoms with Crippen molar-refractivity contribution in [3.8, 4) is 0 Å². The van der Waals surface area contributed by atoms with Crippen LogP contribution >= 0.6 is 11.6 Å². The number of carbonyl (C=O) groups is 2. The molecule has 3 unspecified atom stereocenters. The van der Waals surface area contributed by atoms with E-state index in [1.54, 1.807) is 24.3 Å². The van der Waals surface area contributed by atoms with E-state index < -0.39 is 41.5 Å². The number of alkyl halides is 3. The van der Waals surface area contributed by atoms with Crippen molar-refractivity contribution in [3.63, 3.8) is 0 Å². The van der Waals surface area contributed by atoms with Crippen LogP contribution in [-0.4, -0.2) is 19.0 Å². The lowest BCUT2D eigenvalue weighted by Crippen LogP contribution is -2.32. The lowest BCUT2D eigenvalue weighted by molar-refractivity contribution is -0.141. The quantitative estimate of drug-likeness (QED) is 0.671. The first kappa shape index (κ1) is 21.2. The van der Waals surface area contributed by atoms with Crippen molar-refractivity contribution in [2.45, 2.75) is 31.0 Å². The van der Waals surface area contributed by atoms with Crippen LogP contribution in [0.1, 0.15) is 41.5 Å². The fourth-order valence-electron chi connectivity index (χ4n) is 3.43. The van der Waals surface area contributed by atoms with Gasteiger partial charge in [-0.15, -0.1) is 0 Å². The maximum absolute atomic E-state index is 13.3. The molecule has 0 heterocycles. The number of hydrogen-bond acceptors (Lipinski definition) is 3. The minimum atomic E-state index is -4.48. The molecule has 0 saturated heterocycles. The monoisotopic (exact) mass is 425 g/mol. The largest absolute Gasteiger partial charge is 0.469 e. The van der Waals surface area contributed by atoms with Gasteiger partial charge in [0.1, 0.15) is 0 Å². The topological polar surface area (TPSA) is 55.4 Å². The van der Waals surface area contributed by atoms with Gasteiger partial charge < -0.3 is 10.1 Å². The predicted octanol–water partition coefficient (Wildman–Crippen LogP) is 4.88. The van der Waals surface area contributed by atoms with E-state index in [9.17, 15) is 22.8 Å². The Bertz CT molecular complexity index is 916. The number of hydrogen-bond donors (Lipinski definition) is 1. The molecule has 2 aromatic carbocycles. The van der Waals surface area contributed by atoms with Gasteiger partial charge in [0.15, 0.2) is 0 Å². The molecule has 2 aromatic rings. The Morgan fingerprint density at radius 1 is 1.17 bits per heavy atom. The van der Waals surface area contributed by atoms with Crippen LogP contribution in [0.4, 0.5) is 13.2 Å². The molecule has 1 aliphatic carbocycles. The van der Waals surface area contributed by atoms with Gasteiger partial charge in [0.05, 0.1) is 25.1 Å². The summed E-state index contributed by atoms with van der Waals surface area (Å²) < 4.78 is 44.5. The fraction of sp³-hybridized carbons (Fsp3) is 0.333. The number of halogens is 4. The van der Waals surface area contributed by atoms with Gasteiger partial charge in [-0.25, -0.2) is 0 Å². The summed E-state index contributed by atoms with van der Waals surface area (Å²) in [5.74, 6) is -2.07. The van der Waals surface area contributed by atoms with Gasteiger partial charge in [-0.2, -0.15) is 13.2 Å². The van der Waals surface area contributed by atoms with E-state index in [4.69, 9.17) is 11.6 Å². The van der Waals surface area contributed by atoms with Crippen molar-refractivity contribution in [2.75, 3.05) is 7.11 Å². The minimum Gasteiger partial charge on any atom is -0.469 e. The first-order chi connectivity index (χ1) is 13.7. The van der Waals surface area contributed by atoms with Crippen LogP contribution in [0.15, 0.2) is 48.5 Å². The molecule has 1 fully saturated rings. The molecular formula is C21H19ClF3NO3. The molecule has 1 amide bonds. The Morgan fingerprint density at radius 2 is 1.83 bits per heavy atom. The third-order valence-corrected chi connectivity index (χ3v) is 5.33. The van der Waals surface area contributed by atoms with Crippen LogP contribution in [-0.2, 0) is 20.5 Å². The van der Waals surface area contributed by atoms with Gasteiger partial charge in [0, 0.05) is 10.9 Å². The second kappa shape index (κ2) is 8.45. The molecule has 1 saturated carbocycles. The van der Waals surface area contributed by atoms with Gasteiger partial charge in [-0.1, -0.05) is 48.0 Å². The molecule has 29 heavy (non-hydrogen) atoms. The summed E-state index contributed by atoms with van der Waals surface area (Å²) in [6.45, 7) is 0. The van der Waals surface area contributed by atoms with E-state index in [1.165, 1.54) is 25.3 Å². The van der Waals surface area contributed by atoms with Crippen molar-refractivity contribution >= 4 is 23.5 Å². The number of benzene rings is 2. The first-order valence-corrected chi connectivity index (χ1v) is 9.38. The summed E-state index contributed by atoms with van der Waals surface area (Å²) in [5, 5.41) is 3.13. The van der Waals surface area contributed by atoms with Crippen molar-refractivity contribution in [3.05, 3.63) is 70.2 Å². The zero-order valence-electron chi connectivity index (χ0n) is 15.5. The highest BCUT2D eigenvalue weighted by Gasteiger charge is 2.48. The van der Waals surface area contributed by atoms with Gasteiger partial charge >= 0.3 is 12.1 Å². The molecule has 0 bridgehead atoms. The number of methoxy groups -OCH3 is 1. The number of rotatable bonds is 6. The van der Waals surface area contributed by atoms with Crippen molar-refractivity contribution in [1.29, 1.82) is 0 Å². The third kappa shape index (κ3) is 4.90. The molecule has 8 heteroatoms. The lowest BCUT2D eigenvalue weighted by atomic mass is 10.0. The van der Waals surface area contributed by atoms with Crippen LogP contribution in [0.5, 0.6) is 0 Å². The molecule has 1 N–H and O–H groups in total. The van der Waals surface area contributed by atoms with E-state index in [-0.39, 0.29) is 12.0 Å². The van der Waals surface area contributed by atoms with Gasteiger partial charge in [0.2, 0.25) is 5.91 Å². The normalized spacial score (nSPS) is 19.3. The van der Waals surface area contributed by atoms with E-state index in [2.05, 4.69) is 10.1 Å². The zero-order valence-corrected chi connectivity index (χ0v) is 16.3. The molecule has 3 rings (SSSR count). The van der Waals surface area contributed by atoms with Crippen LogP contribution in [0.3, 0.4) is 0 Å². The van der Waals surface area contributed by atoms with Crippen LogP contribution in [0.25, 0.3) is 0 Å². The molecule has 1 aliphatic rings. The Balaban J connectivity index is 1.77. The molecule has 4 nitrogen and oxygen atoms in total. The molecule has 0 radical (unpaired) electrons. The molecule has 0 aliphatic heterocycles. The summed E-state index contributed by atoms with van der Waals surface area (Å²) in [7, 11) is 1.23. The van der Waals surface area contributed by atoms with Gasteiger partial charge in [0.25, 0.3) is 0 Å². The number of ether oxygens (including phenoxy) is 1. The standard InChI is InChI=1S/C21H19ClF3NO3/c1-29-19(27)11-18(13-7-3-5-9-17(13)22)26-20(28)15-10-14(15)12-6-2-4-8-16(12)21(23,24)25/h2-9,14-15,18H,10-11H2,1H3,(H,26,28). The Hall–Kier alpha value is -2.54. The predicted molar refractivity (Wildman–Crippen MR) is 101 cm³/mol. The van der Waals surface area contributed by atoms with E-state index >= 15 is 0 Å². The van der Waals surface area contributed by atoms with Gasteiger partial charge in [-0.3, -0.25) is 9.59 Å². The Morgan fingerprint density at radius 3 is 2.48 bits per heavy atom. The van der Waals surface area contributed by atoms with Crippen molar-refractivity contribution in [1.82, 2.24) is 5.32 Å². The number of esters is 1. The summed E-state index contributed by atoms with van der Waals surface area (Å²) >= 11 is 6.19. The minimum absolute atomic E-state index is 0.113. The molecule has 3 atom stereocenters. The number of amides is 1. The molecular weight excluding hydrogens is 407 g/mol. The van der Waals surface area contributed by atoms with Crippen LogP contribution in [0, 0.1) is 5.92 Å². The van der Waals surface area contributed by atoms with Crippen LogP contribution in [0.2, 0.25) is 5.02 Å².